The Morgan fingerprint density at radius 3 is 1.89 bits per heavy atom. The minimum Gasteiger partial charge on any atom is -0.355 e. The van der Waals surface area contributed by atoms with Gasteiger partial charge in [-0.2, -0.15) is 0 Å². The number of nitrogens with zero attached hydrogens (tertiary/aromatic N) is 1. The van der Waals surface area contributed by atoms with Gasteiger partial charge in [0.25, 0.3) is 0 Å². The number of para-hydroxylation sites is 2. The number of benzene rings is 6. The molecule has 0 saturated carbocycles. The predicted molar refractivity (Wildman–Crippen MR) is 161 cm³/mol. The van der Waals surface area contributed by atoms with Crippen molar-refractivity contribution in [2.75, 3.05) is 10.2 Å². The van der Waals surface area contributed by atoms with Crippen molar-refractivity contribution in [1.29, 1.82) is 0 Å². The molecule has 0 aliphatic heterocycles. The van der Waals surface area contributed by atoms with Crippen molar-refractivity contribution in [3.63, 3.8) is 0 Å². The molecule has 0 spiro atoms. The van der Waals surface area contributed by atoms with E-state index in [4.69, 9.17) is 0 Å². The predicted octanol–water partition coefficient (Wildman–Crippen LogP) is 10.4. The van der Waals surface area contributed by atoms with E-state index in [2.05, 4.69) is 144 Å². The van der Waals surface area contributed by atoms with Crippen LogP contribution in [0.2, 0.25) is 0 Å². The molecule has 0 radical (unpaired) electrons. The molecule has 1 aromatic heterocycles. The van der Waals surface area contributed by atoms with Crippen molar-refractivity contribution in [1.82, 2.24) is 0 Å². The Bertz CT molecular complexity index is 1860. The fourth-order valence-electron chi connectivity index (χ4n) is 5.17. The molecule has 7 rings (SSSR count). The largest absolute Gasteiger partial charge is 0.355 e. The number of fused-ring (bicyclic) bond motifs is 5. The van der Waals surface area contributed by atoms with Gasteiger partial charge in [-0.1, -0.05) is 84.9 Å². The number of hydrogen-bond acceptors (Lipinski definition) is 3. The zero-order chi connectivity index (χ0) is 24.6. The van der Waals surface area contributed by atoms with Gasteiger partial charge in [-0.25, -0.2) is 0 Å². The maximum Gasteiger partial charge on any atom is 0.0554 e. The molecule has 0 atom stereocenters. The summed E-state index contributed by atoms with van der Waals surface area (Å²) in [5, 5.41) is 8.75. The lowest BCUT2D eigenvalue weighted by atomic mass is 10.0. The van der Waals surface area contributed by atoms with Crippen LogP contribution >= 0.6 is 11.3 Å². The summed E-state index contributed by atoms with van der Waals surface area (Å²) in [4.78, 5) is 2.38. The Balaban J connectivity index is 1.47. The second-order valence-corrected chi connectivity index (χ2v) is 10.2. The van der Waals surface area contributed by atoms with Gasteiger partial charge in [0.2, 0.25) is 0 Å². The van der Waals surface area contributed by atoms with E-state index in [-0.39, 0.29) is 0 Å². The van der Waals surface area contributed by atoms with Crippen LogP contribution in [0.3, 0.4) is 0 Å². The van der Waals surface area contributed by atoms with Crippen LogP contribution in [0.15, 0.2) is 140 Å². The molecule has 7 aromatic rings. The number of anilines is 5. The summed E-state index contributed by atoms with van der Waals surface area (Å²) >= 11 is 1.86. The molecule has 1 N–H and O–H groups in total. The molecule has 6 aromatic carbocycles. The van der Waals surface area contributed by atoms with Crippen LogP contribution in [0.4, 0.5) is 28.4 Å². The summed E-state index contributed by atoms with van der Waals surface area (Å²) in [6.07, 6.45) is 0. The first-order valence-electron chi connectivity index (χ1n) is 12.5. The Morgan fingerprint density at radius 1 is 0.459 bits per heavy atom. The fourth-order valence-corrected chi connectivity index (χ4v) is 6.33. The molecule has 176 valence electrons. The highest BCUT2D eigenvalue weighted by atomic mass is 32.1. The maximum atomic E-state index is 3.56. The lowest BCUT2D eigenvalue weighted by Crippen LogP contribution is -2.10. The van der Waals surface area contributed by atoms with E-state index >= 15 is 0 Å². The summed E-state index contributed by atoms with van der Waals surface area (Å²) in [5.41, 5.74) is 5.54. The summed E-state index contributed by atoms with van der Waals surface area (Å²) < 4.78 is 2.62. The number of nitrogens with one attached hydrogen (secondary N) is 1. The van der Waals surface area contributed by atoms with Gasteiger partial charge in [0, 0.05) is 48.3 Å². The Labute approximate surface area is 220 Å². The van der Waals surface area contributed by atoms with Crippen LogP contribution in [-0.4, -0.2) is 0 Å². The van der Waals surface area contributed by atoms with Crippen LogP contribution in [0.5, 0.6) is 0 Å². The van der Waals surface area contributed by atoms with Crippen LogP contribution < -0.4 is 10.2 Å². The molecule has 3 heteroatoms. The van der Waals surface area contributed by atoms with Crippen molar-refractivity contribution in [2.24, 2.45) is 0 Å². The average Bonchev–Trinajstić information content (AvgIpc) is 3.33. The van der Waals surface area contributed by atoms with Gasteiger partial charge >= 0.3 is 0 Å². The third-order valence-electron chi connectivity index (χ3n) is 6.78. The highest BCUT2D eigenvalue weighted by Crippen LogP contribution is 2.46. The van der Waals surface area contributed by atoms with Crippen molar-refractivity contribution in [2.45, 2.75) is 0 Å². The van der Waals surface area contributed by atoms with Gasteiger partial charge in [0.15, 0.2) is 0 Å². The topological polar surface area (TPSA) is 15.3 Å². The van der Waals surface area contributed by atoms with E-state index in [1.807, 2.05) is 17.4 Å². The van der Waals surface area contributed by atoms with E-state index in [1.165, 1.54) is 36.6 Å². The first-order valence-corrected chi connectivity index (χ1v) is 13.3. The van der Waals surface area contributed by atoms with Crippen LogP contribution in [0.25, 0.3) is 30.9 Å². The molecular formula is C34H24N2S. The van der Waals surface area contributed by atoms with E-state index < -0.39 is 0 Å². The van der Waals surface area contributed by atoms with Crippen molar-refractivity contribution in [3.05, 3.63) is 140 Å². The zero-order valence-corrected chi connectivity index (χ0v) is 21.0. The van der Waals surface area contributed by atoms with Gasteiger partial charge in [-0.3, -0.25) is 0 Å². The second kappa shape index (κ2) is 9.12. The molecule has 0 aliphatic carbocycles. The van der Waals surface area contributed by atoms with Crippen molar-refractivity contribution < 1.29 is 0 Å². The molecule has 2 nitrogen and oxygen atoms in total. The average molecular weight is 493 g/mol. The fraction of sp³-hybridized carbons (Fsp3) is 0. The van der Waals surface area contributed by atoms with E-state index in [1.54, 1.807) is 0 Å². The first-order chi connectivity index (χ1) is 18.3. The molecular weight excluding hydrogens is 468 g/mol. The molecule has 0 saturated heterocycles. The van der Waals surface area contributed by atoms with E-state index in [0.717, 1.165) is 22.7 Å². The molecule has 0 amide bonds. The lowest BCUT2D eigenvalue weighted by Gasteiger charge is -2.27. The van der Waals surface area contributed by atoms with Gasteiger partial charge < -0.3 is 10.2 Å². The minimum atomic E-state index is 1.05. The Kier molecular flexibility index (Phi) is 5.34. The Hall–Kier alpha value is -4.60. The van der Waals surface area contributed by atoms with E-state index in [9.17, 15) is 0 Å². The monoisotopic (exact) mass is 492 g/mol. The maximum absolute atomic E-state index is 3.56. The third kappa shape index (κ3) is 3.90. The van der Waals surface area contributed by atoms with Crippen molar-refractivity contribution >= 4 is 70.7 Å². The van der Waals surface area contributed by atoms with Crippen LogP contribution in [0, 0.1) is 0 Å². The summed E-state index contributed by atoms with van der Waals surface area (Å²) in [7, 11) is 0. The second-order valence-electron chi connectivity index (χ2n) is 9.12. The lowest BCUT2D eigenvalue weighted by molar-refractivity contribution is 1.30. The molecule has 0 aliphatic rings. The number of thiophene rings is 1. The third-order valence-corrected chi connectivity index (χ3v) is 7.90. The molecule has 0 unspecified atom stereocenters. The number of rotatable bonds is 5. The zero-order valence-electron chi connectivity index (χ0n) is 20.1. The standard InChI is InChI=1S/C34H24N2S/c1-3-12-24(13-4-1)35-25-14-11-17-27(22-25)36(26-15-5-2-6-16-26)31-23-33-34(29-19-8-7-18-28(29)31)30-20-9-10-21-32(30)37-33/h1-23,35H. The smallest absolute Gasteiger partial charge is 0.0554 e. The Morgan fingerprint density at radius 2 is 1.08 bits per heavy atom. The molecule has 1 heterocycles. The number of hydrogen-bond donors (Lipinski definition) is 1. The molecule has 37 heavy (non-hydrogen) atoms. The van der Waals surface area contributed by atoms with Gasteiger partial charge in [0.05, 0.1) is 5.69 Å². The summed E-state index contributed by atoms with van der Waals surface area (Å²) in [6, 6.07) is 49.5. The van der Waals surface area contributed by atoms with Gasteiger partial charge in [0.1, 0.15) is 0 Å². The summed E-state index contributed by atoms with van der Waals surface area (Å²) in [5.74, 6) is 0. The van der Waals surface area contributed by atoms with E-state index in [0.29, 0.717) is 0 Å². The molecule has 0 bridgehead atoms. The minimum absolute atomic E-state index is 1.05. The van der Waals surface area contributed by atoms with Crippen LogP contribution in [0.1, 0.15) is 0 Å². The molecule has 0 fully saturated rings. The highest BCUT2D eigenvalue weighted by Gasteiger charge is 2.19. The van der Waals surface area contributed by atoms with Gasteiger partial charge in [-0.05, 0) is 60.0 Å². The summed E-state index contributed by atoms with van der Waals surface area (Å²) in [6.45, 7) is 0. The van der Waals surface area contributed by atoms with Crippen LogP contribution in [-0.2, 0) is 0 Å². The van der Waals surface area contributed by atoms with Gasteiger partial charge in [-0.15, -0.1) is 11.3 Å². The first kappa shape index (κ1) is 21.7. The SMILES string of the molecule is c1ccc(Nc2cccc(N(c3ccccc3)c3cc4sc5ccccc5c4c4ccccc34)c2)cc1. The van der Waals surface area contributed by atoms with Crippen molar-refractivity contribution in [3.8, 4) is 0 Å². The highest BCUT2D eigenvalue weighted by molar-refractivity contribution is 7.26. The quantitative estimate of drug-likeness (QED) is 0.257. The normalized spacial score (nSPS) is 11.2.